The van der Waals surface area contributed by atoms with Gasteiger partial charge in [-0.05, 0) is 49.2 Å². The van der Waals surface area contributed by atoms with Gasteiger partial charge in [0.2, 0.25) is 5.88 Å². The van der Waals surface area contributed by atoms with Crippen LogP contribution in [-0.2, 0) is 0 Å². The van der Waals surface area contributed by atoms with E-state index < -0.39 is 0 Å². The molecule has 0 atom stereocenters. The molecule has 3 aromatic heterocycles. The molecule has 0 spiro atoms. The minimum absolute atomic E-state index is 0.205. The molecule has 156 valence electrons. The zero-order chi connectivity index (χ0) is 21.8. The van der Waals surface area contributed by atoms with E-state index in [1.165, 1.54) is 11.3 Å². The third-order valence-electron chi connectivity index (χ3n) is 4.47. The third-order valence-corrected chi connectivity index (χ3v) is 6.11. The highest BCUT2D eigenvalue weighted by Gasteiger charge is 2.14. The summed E-state index contributed by atoms with van der Waals surface area (Å²) in [5.74, 6) is 0.284. The van der Waals surface area contributed by atoms with Gasteiger partial charge >= 0.3 is 0 Å². The predicted octanol–water partition coefficient (Wildman–Crippen LogP) is 5.02. The molecule has 4 aromatic rings. The fourth-order valence-electron chi connectivity index (χ4n) is 3.09. The minimum Gasteiger partial charge on any atom is -0.480 e. The van der Waals surface area contributed by atoms with Gasteiger partial charge in [-0.15, -0.1) is 11.3 Å². The molecule has 0 aliphatic carbocycles. The lowest BCUT2D eigenvalue weighted by Gasteiger charge is -2.11. The Bertz CT molecular complexity index is 1190. The summed E-state index contributed by atoms with van der Waals surface area (Å²) < 4.78 is 5.06. The van der Waals surface area contributed by atoms with Crippen LogP contribution in [0.4, 0.5) is 5.13 Å². The smallest absolute Gasteiger partial charge is 0.257 e. The number of anilines is 1. The van der Waals surface area contributed by atoms with Gasteiger partial charge in [-0.2, -0.15) is 0 Å². The maximum absolute atomic E-state index is 12.4. The van der Waals surface area contributed by atoms with E-state index in [-0.39, 0.29) is 5.91 Å². The largest absolute Gasteiger partial charge is 0.480 e. The predicted molar refractivity (Wildman–Crippen MR) is 122 cm³/mol. The van der Waals surface area contributed by atoms with Crippen LogP contribution in [0.15, 0.2) is 64.4 Å². The number of pyridine rings is 1. The number of amides is 1. The molecule has 0 saturated heterocycles. The lowest BCUT2D eigenvalue weighted by Crippen LogP contribution is -2.11. The monoisotopic (exact) mass is 449 g/mol. The van der Waals surface area contributed by atoms with Crippen molar-refractivity contribution in [1.82, 2.24) is 19.9 Å². The van der Waals surface area contributed by atoms with Crippen molar-refractivity contribution in [3.63, 3.8) is 0 Å². The van der Waals surface area contributed by atoms with Crippen LogP contribution >= 0.6 is 23.1 Å². The fourth-order valence-corrected chi connectivity index (χ4v) is 4.71. The van der Waals surface area contributed by atoms with Gasteiger partial charge < -0.3 is 4.74 Å². The summed E-state index contributed by atoms with van der Waals surface area (Å²) in [4.78, 5) is 30.5. The molecule has 0 aliphatic rings. The van der Waals surface area contributed by atoms with Crippen molar-refractivity contribution in [3.8, 4) is 17.1 Å². The number of benzene rings is 1. The van der Waals surface area contributed by atoms with E-state index >= 15 is 0 Å². The number of ether oxygens (including phenoxy) is 1. The Balaban J connectivity index is 1.52. The number of hydrogen-bond acceptors (Lipinski definition) is 8. The van der Waals surface area contributed by atoms with Crippen LogP contribution in [0.1, 0.15) is 21.5 Å². The highest BCUT2D eigenvalue weighted by Crippen LogP contribution is 2.35. The second kappa shape index (κ2) is 9.23. The normalized spacial score (nSPS) is 10.7. The zero-order valence-electron chi connectivity index (χ0n) is 17.1. The van der Waals surface area contributed by atoms with Gasteiger partial charge in [0.25, 0.3) is 5.91 Å². The van der Waals surface area contributed by atoms with E-state index in [9.17, 15) is 4.79 Å². The van der Waals surface area contributed by atoms with E-state index in [1.807, 2.05) is 5.38 Å². The van der Waals surface area contributed by atoms with Gasteiger partial charge in [-0.25, -0.2) is 15.0 Å². The molecule has 1 N–H and O–H groups in total. The molecule has 1 aromatic carbocycles. The Kier molecular flexibility index (Phi) is 6.24. The van der Waals surface area contributed by atoms with Crippen LogP contribution in [-0.4, -0.2) is 33.0 Å². The van der Waals surface area contributed by atoms with E-state index in [2.05, 4.69) is 51.2 Å². The van der Waals surface area contributed by atoms with Crippen LogP contribution in [0.2, 0.25) is 0 Å². The lowest BCUT2D eigenvalue weighted by molar-refractivity contribution is 0.102. The van der Waals surface area contributed by atoms with Crippen molar-refractivity contribution < 1.29 is 9.53 Å². The van der Waals surface area contributed by atoms with Crippen molar-refractivity contribution in [2.75, 3.05) is 12.4 Å². The first kappa shape index (κ1) is 21.0. The average Bonchev–Trinajstić information content (AvgIpc) is 3.22. The fraction of sp³-hybridized carbons (Fsp3) is 0.136. The van der Waals surface area contributed by atoms with Crippen LogP contribution in [0, 0.1) is 13.8 Å². The number of aryl methyl sites for hydroxylation is 2. The molecule has 0 aliphatic heterocycles. The molecule has 0 saturated carbocycles. The highest BCUT2D eigenvalue weighted by atomic mass is 32.2. The number of nitrogens with one attached hydrogen (secondary N) is 1. The van der Waals surface area contributed by atoms with Gasteiger partial charge in [0, 0.05) is 33.8 Å². The minimum atomic E-state index is -0.205. The topological polar surface area (TPSA) is 89.9 Å². The summed E-state index contributed by atoms with van der Waals surface area (Å²) in [7, 11) is 1.57. The molecule has 0 radical (unpaired) electrons. The number of methoxy groups -OCH3 is 1. The Labute approximate surface area is 188 Å². The van der Waals surface area contributed by atoms with Crippen LogP contribution in [0.5, 0.6) is 5.88 Å². The molecule has 0 unspecified atom stereocenters. The molecule has 1 amide bonds. The van der Waals surface area contributed by atoms with Gasteiger partial charge in [-0.1, -0.05) is 11.8 Å². The van der Waals surface area contributed by atoms with Crippen LogP contribution < -0.4 is 10.1 Å². The molecular formula is C22H19N5O2S2. The van der Waals surface area contributed by atoms with Crippen molar-refractivity contribution in [2.24, 2.45) is 0 Å². The van der Waals surface area contributed by atoms with Gasteiger partial charge in [0.1, 0.15) is 5.03 Å². The Morgan fingerprint density at radius 1 is 1.10 bits per heavy atom. The number of hydrogen-bond donors (Lipinski definition) is 1. The number of carbonyl (C=O) groups is 1. The average molecular weight is 450 g/mol. The molecule has 0 bridgehead atoms. The second-order valence-corrected chi connectivity index (χ2v) is 8.61. The summed E-state index contributed by atoms with van der Waals surface area (Å²) in [6, 6.07) is 7.55. The standard InChI is InChI=1S/C22H19N5O2S2/c1-13-8-16(31-19-11-24-18(29-3)10-25-19)9-14(2)20(13)17-12-30-22(26-17)27-21(28)15-4-6-23-7-5-15/h4-12H,1-3H3,(H,26,27,28). The third kappa shape index (κ3) is 4.89. The van der Waals surface area contributed by atoms with Crippen LogP contribution in [0.3, 0.4) is 0 Å². The van der Waals surface area contributed by atoms with Gasteiger partial charge in [0.15, 0.2) is 5.13 Å². The second-order valence-electron chi connectivity index (χ2n) is 6.66. The van der Waals surface area contributed by atoms with Crippen molar-refractivity contribution in [1.29, 1.82) is 0 Å². The summed E-state index contributed by atoms with van der Waals surface area (Å²) in [5.41, 5.74) is 4.64. The molecule has 4 rings (SSSR count). The lowest BCUT2D eigenvalue weighted by atomic mass is 10.0. The van der Waals surface area contributed by atoms with Gasteiger partial charge in [-0.3, -0.25) is 15.1 Å². The first-order valence-electron chi connectivity index (χ1n) is 9.36. The maximum Gasteiger partial charge on any atom is 0.257 e. The van der Waals surface area contributed by atoms with Gasteiger partial charge in [0.05, 0.1) is 25.2 Å². The van der Waals surface area contributed by atoms with E-state index in [4.69, 9.17) is 4.74 Å². The first-order valence-corrected chi connectivity index (χ1v) is 11.1. The van der Waals surface area contributed by atoms with E-state index in [0.29, 0.717) is 16.6 Å². The summed E-state index contributed by atoms with van der Waals surface area (Å²) >= 11 is 2.94. The number of nitrogens with zero attached hydrogens (tertiary/aromatic N) is 4. The summed E-state index contributed by atoms with van der Waals surface area (Å²) in [6.45, 7) is 4.11. The Hall–Kier alpha value is -3.30. The van der Waals surface area contributed by atoms with Crippen molar-refractivity contribution in [3.05, 3.63) is 71.1 Å². The quantitative estimate of drug-likeness (QED) is 0.442. The molecule has 9 heteroatoms. The van der Waals surface area contributed by atoms with Crippen molar-refractivity contribution >= 4 is 34.1 Å². The number of carbonyl (C=O) groups excluding carboxylic acids is 1. The highest BCUT2D eigenvalue weighted by molar-refractivity contribution is 7.99. The van der Waals surface area contributed by atoms with E-state index in [1.54, 1.807) is 55.8 Å². The molecular weight excluding hydrogens is 430 g/mol. The van der Waals surface area contributed by atoms with E-state index in [0.717, 1.165) is 32.3 Å². The number of thiazole rings is 1. The Morgan fingerprint density at radius 2 is 1.84 bits per heavy atom. The molecule has 3 heterocycles. The summed E-state index contributed by atoms with van der Waals surface area (Å²) in [5, 5.41) is 6.16. The van der Waals surface area contributed by atoms with Crippen LogP contribution in [0.25, 0.3) is 11.3 Å². The molecule has 31 heavy (non-hydrogen) atoms. The molecule has 0 fully saturated rings. The number of aromatic nitrogens is 4. The SMILES string of the molecule is COc1cnc(Sc2cc(C)c(-c3csc(NC(=O)c4ccncc4)n3)c(C)c2)cn1. The van der Waals surface area contributed by atoms with Crippen molar-refractivity contribution in [2.45, 2.75) is 23.8 Å². The maximum atomic E-state index is 12.4. The first-order chi connectivity index (χ1) is 15.0. The number of rotatable bonds is 6. The zero-order valence-corrected chi connectivity index (χ0v) is 18.8. The summed E-state index contributed by atoms with van der Waals surface area (Å²) in [6.07, 6.45) is 6.48. The molecule has 7 nitrogen and oxygen atoms in total. The Morgan fingerprint density at radius 3 is 2.48 bits per heavy atom.